The standard InChI is InChI=1S/C51H92N20O18/c1-24(2)22-33(69-43(82)29(10-7-21-62-51(59)60)65-42(81)28(9-6-20-61-50(57)58)63-40(79)26(53)11-18-38(77)78)47(86)68-31(13-16-36(55)75)44(83)64-27(8-4-5-19-52)41(80)66-30(12-15-35(54)74)45(84)67-32(14-17-37(56)76)46(85)71-39(25(3)73)48(87)70-34(23-72)49(88)89/h24-34,39,72-73H,4-23,52-53H2,1-3H3,(H2,54,74)(H2,55,75)(H2,56,76)(H,63,79)(H,64,83)(H,65,81)(H,66,80)(H,67,84)(H,68,86)(H,69,82)(H,70,87)(H,71,85)(H,77,78)(H,88,89)(H4,57,58,61)(H4,59,60,62)/t25-,26+,27+,28+,29+,30+,31+,32+,33+,34+,39+/m1/s1. The van der Waals surface area contributed by atoms with E-state index in [2.05, 4.69) is 52.5 Å². The number of aliphatic carboxylic acids is 2. The van der Waals surface area contributed by atoms with Crippen molar-refractivity contribution in [3.63, 3.8) is 0 Å². The number of unbranched alkanes of at least 4 members (excludes halogenated alkanes) is 1. The van der Waals surface area contributed by atoms with Gasteiger partial charge in [0, 0.05) is 38.8 Å². The minimum Gasteiger partial charge on any atom is -0.481 e. The van der Waals surface area contributed by atoms with Crippen LogP contribution in [0, 0.1) is 5.92 Å². The Kier molecular flexibility index (Phi) is 38.4. The van der Waals surface area contributed by atoms with Gasteiger partial charge in [-0.25, -0.2) is 4.79 Å². The molecule has 0 aliphatic rings. The lowest BCUT2D eigenvalue weighted by Gasteiger charge is -2.29. The van der Waals surface area contributed by atoms with Crippen LogP contribution in [0.5, 0.6) is 0 Å². The largest absolute Gasteiger partial charge is 0.481 e. The zero-order valence-corrected chi connectivity index (χ0v) is 50.2. The number of carbonyl (C=O) groups excluding carboxylic acids is 12. The van der Waals surface area contributed by atoms with Crippen LogP contribution in [0.1, 0.15) is 124 Å². The van der Waals surface area contributed by atoms with Crippen LogP contribution in [-0.2, 0) is 67.1 Å². The lowest BCUT2D eigenvalue weighted by atomic mass is 10.0. The third kappa shape index (κ3) is 34.8. The number of carboxylic acid groups (broad SMARTS) is 2. The van der Waals surface area contributed by atoms with Gasteiger partial charge in [0.15, 0.2) is 11.9 Å². The van der Waals surface area contributed by atoms with Crippen LogP contribution in [-0.4, -0.2) is 208 Å². The molecule has 0 radical (unpaired) electrons. The summed E-state index contributed by atoms with van der Waals surface area (Å²) in [5.74, 6) is -16.4. The molecule has 504 valence electrons. The number of nitrogens with zero attached hydrogens (tertiary/aromatic N) is 2. The van der Waals surface area contributed by atoms with E-state index in [0.29, 0.717) is 0 Å². The van der Waals surface area contributed by atoms with Crippen molar-refractivity contribution in [1.82, 2.24) is 47.9 Å². The summed E-state index contributed by atoms with van der Waals surface area (Å²) >= 11 is 0. The molecular weight excluding hydrogens is 1180 g/mol. The predicted octanol–water partition coefficient (Wildman–Crippen LogP) is -9.92. The molecule has 0 saturated heterocycles. The highest BCUT2D eigenvalue weighted by molar-refractivity contribution is 5.99. The van der Waals surface area contributed by atoms with E-state index in [1.54, 1.807) is 13.8 Å². The molecular formula is C51H92N20O18. The fraction of sp³-hybridized carbons (Fsp3) is 0.686. The molecule has 0 aromatic heterocycles. The van der Waals surface area contributed by atoms with E-state index in [1.165, 1.54) is 0 Å². The Hall–Kier alpha value is -9.04. The second-order valence-electron chi connectivity index (χ2n) is 21.1. The average molecular weight is 1270 g/mol. The van der Waals surface area contributed by atoms with Gasteiger partial charge in [-0.05, 0) is 96.4 Å². The first-order valence-corrected chi connectivity index (χ1v) is 28.5. The highest BCUT2D eigenvalue weighted by atomic mass is 16.4. The quantitative estimate of drug-likeness (QED) is 0.0153. The molecule has 0 saturated carbocycles. The maximum atomic E-state index is 14.4. The Morgan fingerprint density at radius 3 is 1.04 bits per heavy atom. The summed E-state index contributed by atoms with van der Waals surface area (Å²) in [6.07, 6.45) is -5.85. The Labute approximate surface area is 512 Å². The van der Waals surface area contributed by atoms with Gasteiger partial charge in [-0.1, -0.05) is 13.8 Å². The van der Waals surface area contributed by atoms with Crippen LogP contribution in [0.25, 0.3) is 0 Å². The van der Waals surface area contributed by atoms with Gasteiger partial charge in [-0.3, -0.25) is 72.3 Å². The number of rotatable bonds is 47. The number of aliphatic hydroxyl groups is 2. The molecule has 11 atom stereocenters. The fourth-order valence-electron chi connectivity index (χ4n) is 8.10. The third-order valence-electron chi connectivity index (χ3n) is 12.9. The number of aliphatic imine (C=N–C) groups is 2. The first kappa shape index (κ1) is 80.0. The van der Waals surface area contributed by atoms with Gasteiger partial charge in [0.05, 0.1) is 18.8 Å². The average Bonchev–Trinajstić information content (AvgIpc) is 1.82. The number of amides is 12. The number of hydrogen-bond acceptors (Lipinski definition) is 20. The molecule has 0 heterocycles. The normalized spacial score (nSPS) is 14.7. The second kappa shape index (κ2) is 42.7. The monoisotopic (exact) mass is 1270 g/mol. The molecule has 0 aliphatic carbocycles. The summed E-state index contributed by atoms with van der Waals surface area (Å²) in [7, 11) is 0. The molecule has 0 bridgehead atoms. The number of nitrogens with two attached hydrogens (primary N) is 9. The van der Waals surface area contributed by atoms with Crippen molar-refractivity contribution >= 4 is 94.7 Å². The number of hydrogen-bond donors (Lipinski definition) is 22. The smallest absolute Gasteiger partial charge is 0.328 e. The molecule has 0 aromatic rings. The van der Waals surface area contributed by atoms with E-state index in [9.17, 15) is 82.4 Å². The van der Waals surface area contributed by atoms with Crippen molar-refractivity contribution in [1.29, 1.82) is 0 Å². The second-order valence-corrected chi connectivity index (χ2v) is 21.1. The Balaban J connectivity index is 7.21. The van der Waals surface area contributed by atoms with Gasteiger partial charge < -0.3 is 120 Å². The number of nitrogens with one attached hydrogen (secondary N) is 9. The van der Waals surface area contributed by atoms with E-state index in [1.807, 2.05) is 5.32 Å². The van der Waals surface area contributed by atoms with Crippen molar-refractivity contribution in [2.75, 3.05) is 26.2 Å². The number of guanidine groups is 2. The third-order valence-corrected chi connectivity index (χ3v) is 12.9. The molecule has 38 heteroatoms. The van der Waals surface area contributed by atoms with Gasteiger partial charge >= 0.3 is 11.9 Å². The van der Waals surface area contributed by atoms with Crippen LogP contribution in [0.2, 0.25) is 0 Å². The predicted molar refractivity (Wildman–Crippen MR) is 316 cm³/mol. The van der Waals surface area contributed by atoms with E-state index in [4.69, 9.17) is 56.7 Å². The minimum atomic E-state index is -1.91. The molecule has 38 nitrogen and oxygen atoms in total. The van der Waals surface area contributed by atoms with E-state index in [-0.39, 0.29) is 95.3 Å². The van der Waals surface area contributed by atoms with Crippen LogP contribution < -0.4 is 99.5 Å². The van der Waals surface area contributed by atoms with E-state index in [0.717, 1.165) is 6.92 Å². The van der Waals surface area contributed by atoms with Gasteiger partial charge in [0.2, 0.25) is 70.9 Å². The van der Waals surface area contributed by atoms with Crippen molar-refractivity contribution < 1.29 is 87.5 Å². The highest BCUT2D eigenvalue weighted by Gasteiger charge is 2.37. The van der Waals surface area contributed by atoms with Gasteiger partial charge in [-0.15, -0.1) is 0 Å². The number of carboxylic acids is 2. The molecule has 0 fully saturated rings. The summed E-state index contributed by atoms with van der Waals surface area (Å²) in [6, 6.07) is -16.4. The molecule has 31 N–H and O–H groups in total. The topological polar surface area (TPSA) is 687 Å². The van der Waals surface area contributed by atoms with Crippen molar-refractivity contribution in [3.05, 3.63) is 0 Å². The summed E-state index contributed by atoms with van der Waals surface area (Å²) in [4.78, 5) is 191. The fourth-order valence-corrected chi connectivity index (χ4v) is 8.10. The van der Waals surface area contributed by atoms with E-state index >= 15 is 0 Å². The lowest BCUT2D eigenvalue weighted by Crippen LogP contribution is -2.61. The van der Waals surface area contributed by atoms with Crippen molar-refractivity contribution in [2.45, 2.75) is 190 Å². The maximum Gasteiger partial charge on any atom is 0.328 e. The van der Waals surface area contributed by atoms with Crippen LogP contribution in [0.3, 0.4) is 0 Å². The Bertz CT molecular complexity index is 2480. The van der Waals surface area contributed by atoms with Crippen LogP contribution in [0.15, 0.2) is 9.98 Å². The molecule has 0 rings (SSSR count). The summed E-state index contributed by atoms with van der Waals surface area (Å²) in [5, 5.41) is 59.4. The number of aliphatic hydroxyl groups excluding tert-OH is 2. The molecule has 12 amide bonds. The summed E-state index contributed by atoms with van der Waals surface area (Å²) < 4.78 is 0. The SMILES string of the molecule is CC(C)C[C@H](NC(=O)[C@H](CCCN=C(N)N)NC(=O)[C@H](CCCN=C(N)N)NC(=O)[C@@H](N)CCC(=O)O)C(=O)N[C@@H](CCC(N)=O)C(=O)N[C@@H](CCCCN)C(=O)N[C@@H](CCC(N)=O)C(=O)N[C@@H](CCC(N)=O)C(=O)N[C@H](C(=O)N[C@@H](CO)C(=O)O)[C@@H](C)O. The molecule has 0 unspecified atom stereocenters. The summed E-state index contributed by atoms with van der Waals surface area (Å²) in [6.45, 7) is 3.37. The molecule has 89 heavy (non-hydrogen) atoms. The van der Waals surface area contributed by atoms with Crippen molar-refractivity contribution in [2.24, 2.45) is 67.5 Å². The maximum absolute atomic E-state index is 14.4. The van der Waals surface area contributed by atoms with Gasteiger partial charge in [0.25, 0.3) is 0 Å². The molecule has 0 aliphatic heterocycles. The van der Waals surface area contributed by atoms with Crippen molar-refractivity contribution in [3.8, 4) is 0 Å². The number of primary amides is 3. The van der Waals surface area contributed by atoms with E-state index < -0.39 is 201 Å². The Morgan fingerprint density at radius 2 is 0.730 bits per heavy atom. The summed E-state index contributed by atoms with van der Waals surface area (Å²) in [5.41, 5.74) is 49.6. The minimum absolute atomic E-state index is 0.000265. The number of carbonyl (C=O) groups is 14. The van der Waals surface area contributed by atoms with Crippen LogP contribution in [0.4, 0.5) is 0 Å². The van der Waals surface area contributed by atoms with Crippen LogP contribution >= 0.6 is 0 Å². The Morgan fingerprint density at radius 1 is 0.404 bits per heavy atom. The first-order valence-electron chi connectivity index (χ1n) is 28.5. The molecule has 0 aromatic carbocycles. The zero-order valence-electron chi connectivity index (χ0n) is 50.2. The zero-order chi connectivity index (χ0) is 68.1. The highest BCUT2D eigenvalue weighted by Crippen LogP contribution is 2.13. The first-order chi connectivity index (χ1) is 41.6. The lowest BCUT2D eigenvalue weighted by molar-refractivity contribution is -0.144. The van der Waals surface area contributed by atoms with Gasteiger partial charge in [-0.2, -0.15) is 0 Å². The van der Waals surface area contributed by atoms with Gasteiger partial charge in [0.1, 0.15) is 54.4 Å². The molecule has 0 spiro atoms.